The van der Waals surface area contributed by atoms with Crippen molar-refractivity contribution in [3.8, 4) is 17.0 Å². The molecule has 4 nitrogen and oxygen atoms in total. The number of nitrogens with zero attached hydrogens (tertiary/aromatic N) is 3. The second kappa shape index (κ2) is 8.84. The lowest BCUT2D eigenvalue weighted by atomic mass is 9.98. The third-order valence-electron chi connectivity index (χ3n) is 5.42. The zero-order valence-electron chi connectivity index (χ0n) is 17.2. The van der Waals surface area contributed by atoms with Gasteiger partial charge in [0.1, 0.15) is 11.6 Å². The molecule has 160 valence electrons. The van der Waals surface area contributed by atoms with E-state index in [1.54, 1.807) is 18.4 Å². The highest BCUT2D eigenvalue weighted by molar-refractivity contribution is 9.10. The fourth-order valence-corrected chi connectivity index (χ4v) is 4.81. The van der Waals surface area contributed by atoms with E-state index in [0.717, 1.165) is 43.4 Å². The maximum atomic E-state index is 13.6. The van der Waals surface area contributed by atoms with Crippen LogP contribution in [-0.2, 0) is 0 Å². The summed E-state index contributed by atoms with van der Waals surface area (Å²) in [7, 11) is 1.65. The Kier molecular flexibility index (Phi) is 5.76. The van der Waals surface area contributed by atoms with Crippen LogP contribution >= 0.6 is 27.3 Å². The van der Waals surface area contributed by atoms with E-state index < -0.39 is 0 Å². The van der Waals surface area contributed by atoms with Crippen molar-refractivity contribution in [2.24, 2.45) is 5.10 Å². The average molecular weight is 508 g/mol. The number of ether oxygens (including phenoxy) is 1. The normalized spacial score (nSPS) is 15.7. The van der Waals surface area contributed by atoms with Gasteiger partial charge in [0, 0.05) is 21.8 Å². The van der Waals surface area contributed by atoms with Gasteiger partial charge in [0.05, 0.1) is 24.6 Å². The quantitative estimate of drug-likeness (QED) is 0.289. The Hall–Kier alpha value is -3.03. The van der Waals surface area contributed by atoms with Crippen LogP contribution in [0.3, 0.4) is 0 Å². The molecule has 4 aromatic rings. The molecule has 1 atom stereocenters. The molecule has 0 aliphatic carbocycles. The molecule has 0 bridgehead atoms. The number of benzene rings is 3. The van der Waals surface area contributed by atoms with Crippen molar-refractivity contribution in [2.45, 2.75) is 12.5 Å². The first-order valence-electron chi connectivity index (χ1n) is 10.1. The fourth-order valence-electron chi connectivity index (χ4n) is 3.71. The Morgan fingerprint density at radius 1 is 0.969 bits per heavy atom. The van der Waals surface area contributed by atoms with Gasteiger partial charge in [-0.1, -0.05) is 40.2 Å². The van der Waals surface area contributed by atoms with Crippen molar-refractivity contribution in [3.05, 3.63) is 99.6 Å². The summed E-state index contributed by atoms with van der Waals surface area (Å²) in [6.45, 7) is 0. The lowest BCUT2D eigenvalue weighted by molar-refractivity contribution is 0.415. The van der Waals surface area contributed by atoms with Crippen LogP contribution in [0.5, 0.6) is 5.75 Å². The van der Waals surface area contributed by atoms with Gasteiger partial charge in [-0.05, 0) is 59.7 Å². The van der Waals surface area contributed by atoms with E-state index in [4.69, 9.17) is 14.8 Å². The topological polar surface area (TPSA) is 37.7 Å². The van der Waals surface area contributed by atoms with Gasteiger partial charge >= 0.3 is 0 Å². The lowest BCUT2D eigenvalue weighted by Gasteiger charge is -2.21. The highest BCUT2D eigenvalue weighted by Gasteiger charge is 2.31. The second-order valence-electron chi connectivity index (χ2n) is 7.41. The van der Waals surface area contributed by atoms with Gasteiger partial charge in [0.2, 0.25) is 5.13 Å². The summed E-state index contributed by atoms with van der Waals surface area (Å²) in [5, 5.41) is 9.75. The summed E-state index contributed by atoms with van der Waals surface area (Å²) in [6, 6.07) is 22.6. The molecule has 0 spiro atoms. The number of hydrogen-bond acceptors (Lipinski definition) is 5. The summed E-state index contributed by atoms with van der Waals surface area (Å²) in [6.07, 6.45) is 0.700. The summed E-state index contributed by atoms with van der Waals surface area (Å²) >= 11 is 5.03. The van der Waals surface area contributed by atoms with Gasteiger partial charge < -0.3 is 4.74 Å². The van der Waals surface area contributed by atoms with Crippen LogP contribution in [0.4, 0.5) is 9.52 Å². The van der Waals surface area contributed by atoms with Crippen LogP contribution in [0.15, 0.2) is 87.8 Å². The van der Waals surface area contributed by atoms with Crippen molar-refractivity contribution in [1.29, 1.82) is 0 Å². The Labute approximate surface area is 198 Å². The molecule has 32 heavy (non-hydrogen) atoms. The number of halogens is 2. The van der Waals surface area contributed by atoms with Crippen LogP contribution in [0.2, 0.25) is 0 Å². The minimum absolute atomic E-state index is 0.0587. The van der Waals surface area contributed by atoms with Crippen molar-refractivity contribution >= 4 is 38.1 Å². The molecule has 1 unspecified atom stereocenters. The molecule has 1 aromatic heterocycles. The number of hydrazone groups is 1. The molecule has 5 rings (SSSR count). The Morgan fingerprint density at radius 2 is 1.66 bits per heavy atom. The molecule has 0 N–H and O–H groups in total. The molecule has 3 aromatic carbocycles. The van der Waals surface area contributed by atoms with Crippen molar-refractivity contribution in [2.75, 3.05) is 12.1 Å². The van der Waals surface area contributed by atoms with Crippen molar-refractivity contribution in [1.82, 2.24) is 4.98 Å². The maximum absolute atomic E-state index is 13.6. The first-order valence-corrected chi connectivity index (χ1v) is 11.8. The van der Waals surface area contributed by atoms with E-state index in [1.807, 2.05) is 71.1 Å². The van der Waals surface area contributed by atoms with E-state index in [1.165, 1.54) is 12.1 Å². The summed E-state index contributed by atoms with van der Waals surface area (Å²) in [5.74, 6) is 0.555. The molecule has 7 heteroatoms. The maximum Gasteiger partial charge on any atom is 0.207 e. The first-order chi connectivity index (χ1) is 15.6. The largest absolute Gasteiger partial charge is 0.497 e. The Balaban J connectivity index is 1.51. The van der Waals surface area contributed by atoms with Crippen molar-refractivity contribution < 1.29 is 9.13 Å². The molecule has 0 fully saturated rings. The van der Waals surface area contributed by atoms with E-state index >= 15 is 0 Å². The Morgan fingerprint density at radius 3 is 2.34 bits per heavy atom. The third-order valence-corrected chi connectivity index (χ3v) is 6.78. The Bertz CT molecular complexity index is 1250. The van der Waals surface area contributed by atoms with E-state index in [2.05, 4.69) is 15.9 Å². The lowest BCUT2D eigenvalue weighted by Crippen LogP contribution is -2.18. The molecule has 0 amide bonds. The fraction of sp³-hybridized carbons (Fsp3) is 0.120. The molecular formula is C25H19BrFN3OS. The summed E-state index contributed by atoms with van der Waals surface area (Å²) in [4.78, 5) is 4.87. The third kappa shape index (κ3) is 4.18. The minimum Gasteiger partial charge on any atom is -0.497 e. The average Bonchev–Trinajstić information content (AvgIpc) is 3.48. The smallest absolute Gasteiger partial charge is 0.207 e. The highest BCUT2D eigenvalue weighted by atomic mass is 79.9. The molecular weight excluding hydrogens is 489 g/mol. The number of thiazole rings is 1. The monoisotopic (exact) mass is 507 g/mol. The van der Waals surface area contributed by atoms with Crippen LogP contribution in [0.25, 0.3) is 11.3 Å². The van der Waals surface area contributed by atoms with Crippen LogP contribution in [0.1, 0.15) is 23.6 Å². The molecule has 0 saturated carbocycles. The summed E-state index contributed by atoms with van der Waals surface area (Å²) in [5.41, 5.74) is 4.95. The number of hydrogen-bond donors (Lipinski definition) is 0. The van der Waals surface area contributed by atoms with Crippen molar-refractivity contribution in [3.63, 3.8) is 0 Å². The minimum atomic E-state index is -0.249. The number of anilines is 1. The van der Waals surface area contributed by atoms with Gasteiger partial charge in [-0.25, -0.2) is 14.4 Å². The number of aromatic nitrogens is 1. The molecule has 2 heterocycles. The van der Waals surface area contributed by atoms with Gasteiger partial charge in [-0.2, -0.15) is 5.10 Å². The predicted molar refractivity (Wildman–Crippen MR) is 131 cm³/mol. The van der Waals surface area contributed by atoms with E-state index in [9.17, 15) is 4.39 Å². The predicted octanol–water partition coefficient (Wildman–Crippen LogP) is 7.08. The van der Waals surface area contributed by atoms with Crippen LogP contribution in [0, 0.1) is 5.82 Å². The summed E-state index contributed by atoms with van der Waals surface area (Å²) < 4.78 is 19.9. The van der Waals surface area contributed by atoms with Crippen LogP contribution in [-0.4, -0.2) is 17.8 Å². The van der Waals surface area contributed by atoms with E-state index in [0.29, 0.717) is 6.42 Å². The van der Waals surface area contributed by atoms with Crippen LogP contribution < -0.4 is 9.75 Å². The highest BCUT2D eigenvalue weighted by Crippen LogP contribution is 2.39. The molecule has 0 saturated heterocycles. The van der Waals surface area contributed by atoms with Gasteiger partial charge in [-0.3, -0.25) is 0 Å². The SMILES string of the molecule is COc1ccc(C2=NN(c3nc(-c4ccc(Br)cc4)cs3)C(c3ccc(F)cc3)C2)cc1. The van der Waals surface area contributed by atoms with E-state index in [-0.39, 0.29) is 11.9 Å². The van der Waals surface area contributed by atoms with Gasteiger partial charge in [0.25, 0.3) is 0 Å². The van der Waals surface area contributed by atoms with Gasteiger partial charge in [0.15, 0.2) is 0 Å². The van der Waals surface area contributed by atoms with Gasteiger partial charge in [-0.15, -0.1) is 11.3 Å². The zero-order chi connectivity index (χ0) is 22.1. The molecule has 1 aliphatic rings. The standard InChI is InChI=1S/C25H19BrFN3OS/c1-31-21-12-6-16(7-13-21)22-14-24(18-4-10-20(27)11-5-18)30(29-22)25-28-23(15-32-25)17-2-8-19(26)9-3-17/h2-13,15,24H,14H2,1H3. The number of rotatable bonds is 5. The number of methoxy groups -OCH3 is 1. The second-order valence-corrected chi connectivity index (χ2v) is 9.17. The molecule has 0 radical (unpaired) electrons. The zero-order valence-corrected chi connectivity index (χ0v) is 19.6. The molecule has 1 aliphatic heterocycles. The first kappa shape index (κ1) is 20.8.